The first-order valence-corrected chi connectivity index (χ1v) is 8.47. The van der Waals surface area contributed by atoms with Gasteiger partial charge in [-0.25, -0.2) is 4.79 Å². The zero-order chi connectivity index (χ0) is 19.4. The minimum Gasteiger partial charge on any atom is -0.496 e. The molecule has 1 amide bonds. The summed E-state index contributed by atoms with van der Waals surface area (Å²) in [5.41, 5.74) is 5.08. The molecule has 0 aliphatic rings. The third-order valence-corrected chi connectivity index (χ3v) is 4.22. The van der Waals surface area contributed by atoms with Crippen LogP contribution in [0.4, 0.5) is 5.69 Å². The molecule has 138 valence electrons. The zero-order valence-electron chi connectivity index (χ0n) is 16.1. The van der Waals surface area contributed by atoms with Gasteiger partial charge in [0.25, 0.3) is 5.91 Å². The average Bonchev–Trinajstić information content (AvgIpc) is 2.58. The number of esters is 1. The monoisotopic (exact) mass is 355 g/mol. The van der Waals surface area contributed by atoms with Crippen molar-refractivity contribution in [1.82, 2.24) is 0 Å². The first-order chi connectivity index (χ1) is 12.2. The SMILES string of the molecule is COc1cc(C(=O)O[C@@H](C)C(=O)Nc2c(C)cc(C)cc2C)ccc1C. The van der Waals surface area contributed by atoms with E-state index in [4.69, 9.17) is 9.47 Å². The fourth-order valence-electron chi connectivity index (χ4n) is 2.83. The molecule has 2 aromatic rings. The quantitative estimate of drug-likeness (QED) is 0.820. The summed E-state index contributed by atoms with van der Waals surface area (Å²) in [6.07, 6.45) is -0.921. The molecule has 0 saturated carbocycles. The Morgan fingerprint density at radius 1 is 0.962 bits per heavy atom. The topological polar surface area (TPSA) is 64.6 Å². The van der Waals surface area contributed by atoms with E-state index in [1.807, 2.05) is 39.8 Å². The number of amides is 1. The molecule has 0 spiro atoms. The molecule has 0 fully saturated rings. The van der Waals surface area contributed by atoms with E-state index >= 15 is 0 Å². The molecule has 0 heterocycles. The van der Waals surface area contributed by atoms with Gasteiger partial charge in [-0.2, -0.15) is 0 Å². The molecule has 0 bridgehead atoms. The fourth-order valence-corrected chi connectivity index (χ4v) is 2.83. The number of hydrogen-bond acceptors (Lipinski definition) is 4. The van der Waals surface area contributed by atoms with Crippen molar-refractivity contribution in [2.24, 2.45) is 0 Å². The van der Waals surface area contributed by atoms with E-state index in [-0.39, 0.29) is 5.91 Å². The number of carbonyl (C=O) groups excluding carboxylic acids is 2. The van der Waals surface area contributed by atoms with E-state index < -0.39 is 12.1 Å². The van der Waals surface area contributed by atoms with Crippen LogP contribution in [0.15, 0.2) is 30.3 Å². The van der Waals surface area contributed by atoms with Gasteiger partial charge in [-0.05, 0) is 63.4 Å². The van der Waals surface area contributed by atoms with Crippen LogP contribution in [0.5, 0.6) is 5.75 Å². The summed E-state index contributed by atoms with van der Waals surface area (Å²) in [6, 6.07) is 9.03. The predicted octanol–water partition coefficient (Wildman–Crippen LogP) is 4.11. The van der Waals surface area contributed by atoms with Crippen LogP contribution >= 0.6 is 0 Å². The van der Waals surface area contributed by atoms with Gasteiger partial charge in [0.05, 0.1) is 12.7 Å². The lowest BCUT2D eigenvalue weighted by atomic mass is 10.0. The van der Waals surface area contributed by atoms with Crippen molar-refractivity contribution in [1.29, 1.82) is 0 Å². The van der Waals surface area contributed by atoms with Gasteiger partial charge in [-0.1, -0.05) is 23.8 Å². The number of nitrogens with one attached hydrogen (secondary N) is 1. The molecule has 0 saturated heterocycles. The Morgan fingerprint density at radius 2 is 1.58 bits per heavy atom. The Labute approximate surface area is 154 Å². The summed E-state index contributed by atoms with van der Waals surface area (Å²) < 4.78 is 10.5. The Morgan fingerprint density at radius 3 is 2.15 bits per heavy atom. The van der Waals surface area contributed by atoms with Gasteiger partial charge >= 0.3 is 5.97 Å². The third kappa shape index (κ3) is 4.42. The zero-order valence-corrected chi connectivity index (χ0v) is 16.1. The first-order valence-electron chi connectivity index (χ1n) is 8.47. The maximum atomic E-state index is 12.4. The number of hydrogen-bond donors (Lipinski definition) is 1. The minimum absolute atomic E-state index is 0.342. The van der Waals surface area contributed by atoms with Crippen molar-refractivity contribution in [3.8, 4) is 5.75 Å². The number of ether oxygens (including phenoxy) is 2. The van der Waals surface area contributed by atoms with Crippen LogP contribution in [0.25, 0.3) is 0 Å². The molecule has 5 nitrogen and oxygen atoms in total. The summed E-state index contributed by atoms with van der Waals surface area (Å²) in [4.78, 5) is 24.7. The van der Waals surface area contributed by atoms with Crippen LogP contribution in [0.2, 0.25) is 0 Å². The number of methoxy groups -OCH3 is 1. The van der Waals surface area contributed by atoms with E-state index in [0.29, 0.717) is 11.3 Å². The van der Waals surface area contributed by atoms with Gasteiger partial charge in [0.15, 0.2) is 6.10 Å². The average molecular weight is 355 g/mol. The Kier molecular flexibility index (Phi) is 6.03. The van der Waals surface area contributed by atoms with Crippen LogP contribution in [-0.4, -0.2) is 25.1 Å². The molecule has 26 heavy (non-hydrogen) atoms. The molecule has 2 aromatic carbocycles. The molecular weight excluding hydrogens is 330 g/mol. The van der Waals surface area contributed by atoms with Gasteiger partial charge in [0.1, 0.15) is 5.75 Å². The molecule has 0 aliphatic heterocycles. The third-order valence-electron chi connectivity index (χ3n) is 4.22. The van der Waals surface area contributed by atoms with Crippen LogP contribution in [0.1, 0.15) is 39.5 Å². The summed E-state index contributed by atoms with van der Waals surface area (Å²) in [5.74, 6) is -0.335. The Hall–Kier alpha value is -2.82. The maximum absolute atomic E-state index is 12.4. The van der Waals surface area contributed by atoms with Gasteiger partial charge in [-0.3, -0.25) is 4.79 Å². The van der Waals surface area contributed by atoms with E-state index in [1.165, 1.54) is 0 Å². The van der Waals surface area contributed by atoms with E-state index in [0.717, 1.165) is 27.9 Å². The predicted molar refractivity (Wildman–Crippen MR) is 102 cm³/mol. The molecule has 2 rings (SSSR count). The standard InChI is InChI=1S/C21H25NO4/c1-12-9-14(3)19(15(4)10-12)22-20(23)16(5)26-21(24)17-8-7-13(2)18(11-17)25-6/h7-11,16H,1-6H3,(H,22,23)/t16-/m0/s1. The van der Waals surface area contributed by atoms with Gasteiger partial charge in [-0.15, -0.1) is 0 Å². The first kappa shape index (κ1) is 19.5. The lowest BCUT2D eigenvalue weighted by Gasteiger charge is -2.17. The van der Waals surface area contributed by atoms with Gasteiger partial charge in [0, 0.05) is 5.69 Å². The van der Waals surface area contributed by atoms with E-state index in [2.05, 4.69) is 5.32 Å². The molecule has 0 aliphatic carbocycles. The Bertz CT molecular complexity index is 819. The van der Waals surface area contributed by atoms with Crippen LogP contribution in [0, 0.1) is 27.7 Å². The van der Waals surface area contributed by atoms with Crippen molar-refractivity contribution in [2.75, 3.05) is 12.4 Å². The van der Waals surface area contributed by atoms with Crippen molar-refractivity contribution in [3.05, 3.63) is 58.1 Å². The number of aryl methyl sites for hydroxylation is 4. The fraction of sp³-hybridized carbons (Fsp3) is 0.333. The molecule has 1 N–H and O–H groups in total. The molecule has 1 atom stereocenters. The molecule has 0 radical (unpaired) electrons. The molecule has 0 aromatic heterocycles. The van der Waals surface area contributed by atoms with Crippen LogP contribution in [-0.2, 0) is 9.53 Å². The summed E-state index contributed by atoms with van der Waals surface area (Å²) in [7, 11) is 1.54. The normalized spacial score (nSPS) is 11.6. The van der Waals surface area contributed by atoms with Gasteiger partial charge in [0.2, 0.25) is 0 Å². The lowest BCUT2D eigenvalue weighted by Crippen LogP contribution is -2.30. The summed E-state index contributed by atoms with van der Waals surface area (Å²) in [6.45, 7) is 9.31. The summed E-state index contributed by atoms with van der Waals surface area (Å²) >= 11 is 0. The number of anilines is 1. The van der Waals surface area contributed by atoms with Crippen molar-refractivity contribution in [3.63, 3.8) is 0 Å². The molecular formula is C21H25NO4. The van der Waals surface area contributed by atoms with Crippen LogP contribution < -0.4 is 10.1 Å². The highest BCUT2D eigenvalue weighted by Gasteiger charge is 2.21. The highest BCUT2D eigenvalue weighted by atomic mass is 16.5. The van der Waals surface area contributed by atoms with Crippen molar-refractivity contribution >= 4 is 17.6 Å². The number of carbonyl (C=O) groups is 2. The highest BCUT2D eigenvalue weighted by Crippen LogP contribution is 2.23. The minimum atomic E-state index is -0.921. The van der Waals surface area contributed by atoms with Crippen molar-refractivity contribution < 1.29 is 19.1 Å². The second-order valence-corrected chi connectivity index (χ2v) is 6.49. The highest BCUT2D eigenvalue weighted by molar-refractivity contribution is 5.98. The largest absolute Gasteiger partial charge is 0.496 e. The summed E-state index contributed by atoms with van der Waals surface area (Å²) in [5, 5.41) is 2.85. The van der Waals surface area contributed by atoms with Crippen LogP contribution in [0.3, 0.4) is 0 Å². The van der Waals surface area contributed by atoms with E-state index in [9.17, 15) is 9.59 Å². The molecule has 5 heteroatoms. The number of benzene rings is 2. The van der Waals surface area contributed by atoms with E-state index in [1.54, 1.807) is 32.2 Å². The second kappa shape index (κ2) is 8.04. The lowest BCUT2D eigenvalue weighted by molar-refractivity contribution is -0.123. The van der Waals surface area contributed by atoms with Gasteiger partial charge < -0.3 is 14.8 Å². The van der Waals surface area contributed by atoms with Crippen molar-refractivity contribution in [2.45, 2.75) is 40.7 Å². The number of rotatable bonds is 5. The smallest absolute Gasteiger partial charge is 0.339 e. The Balaban J connectivity index is 2.08. The second-order valence-electron chi connectivity index (χ2n) is 6.49. The maximum Gasteiger partial charge on any atom is 0.339 e. The molecule has 0 unspecified atom stereocenters.